The smallest absolute Gasteiger partial charge is 0.311 e. The lowest BCUT2D eigenvalue weighted by atomic mass is 10.1. The van der Waals surface area contributed by atoms with E-state index in [0.717, 1.165) is 20.7 Å². The number of hydrogen-bond acceptors (Lipinski definition) is 5. The molecule has 0 aliphatic heterocycles. The lowest BCUT2D eigenvalue weighted by molar-refractivity contribution is -0.139. The third kappa shape index (κ3) is 3.09. The number of carbonyl (C=O) groups excluding carboxylic acids is 1. The van der Waals surface area contributed by atoms with Gasteiger partial charge in [-0.15, -0.1) is 5.10 Å². The Kier molecular flexibility index (Phi) is 4.34. The van der Waals surface area contributed by atoms with Gasteiger partial charge in [0, 0.05) is 15.7 Å². The van der Waals surface area contributed by atoms with Gasteiger partial charge in [0.15, 0.2) is 0 Å². The van der Waals surface area contributed by atoms with Gasteiger partial charge in [0.25, 0.3) is 0 Å². The number of nitrogens with zero attached hydrogens (tertiary/aromatic N) is 2. The highest BCUT2D eigenvalue weighted by atomic mass is 32.2. The summed E-state index contributed by atoms with van der Waals surface area (Å²) in [5, 5.41) is 11.3. The molecule has 0 atom stereocenters. The lowest BCUT2D eigenvalue weighted by Gasteiger charge is -2.08. The molecule has 3 aromatic rings. The number of hydrogen-bond donors (Lipinski definition) is 0. The van der Waals surface area contributed by atoms with E-state index >= 15 is 0 Å². The van der Waals surface area contributed by atoms with E-state index in [1.807, 2.05) is 54.6 Å². The normalized spacial score (nSPS) is 10.6. The molecule has 0 saturated heterocycles. The van der Waals surface area contributed by atoms with Gasteiger partial charge in [-0.3, -0.25) is 4.79 Å². The highest BCUT2D eigenvalue weighted by molar-refractivity contribution is 7.99. The molecule has 0 unspecified atom stereocenters. The maximum absolute atomic E-state index is 11.5. The molecule has 3 rings (SSSR count). The van der Waals surface area contributed by atoms with Gasteiger partial charge >= 0.3 is 5.97 Å². The van der Waals surface area contributed by atoms with Crippen LogP contribution in [0.3, 0.4) is 0 Å². The summed E-state index contributed by atoms with van der Waals surface area (Å²) in [7, 11) is 1.37. The van der Waals surface area contributed by atoms with Crippen LogP contribution in [0.25, 0.3) is 10.8 Å². The number of esters is 1. The molecule has 22 heavy (non-hydrogen) atoms. The van der Waals surface area contributed by atoms with Crippen molar-refractivity contribution in [1.82, 2.24) is 10.2 Å². The van der Waals surface area contributed by atoms with Gasteiger partial charge in [-0.05, 0) is 12.1 Å². The van der Waals surface area contributed by atoms with Crippen molar-refractivity contribution in [3.05, 3.63) is 60.3 Å². The van der Waals surface area contributed by atoms with Gasteiger partial charge in [0.2, 0.25) is 0 Å². The van der Waals surface area contributed by atoms with E-state index in [1.54, 1.807) is 11.8 Å². The SMILES string of the molecule is COC(=O)Cc1nnc(Sc2ccccc2)c2ccccc12. The fourth-order valence-corrected chi connectivity index (χ4v) is 3.04. The van der Waals surface area contributed by atoms with E-state index < -0.39 is 0 Å². The van der Waals surface area contributed by atoms with Crippen LogP contribution in [0.5, 0.6) is 0 Å². The molecule has 0 saturated carbocycles. The van der Waals surface area contributed by atoms with Crippen LogP contribution >= 0.6 is 11.8 Å². The first-order valence-electron chi connectivity index (χ1n) is 6.82. The van der Waals surface area contributed by atoms with Crippen molar-refractivity contribution < 1.29 is 9.53 Å². The second kappa shape index (κ2) is 6.58. The largest absolute Gasteiger partial charge is 0.469 e. The second-order valence-corrected chi connectivity index (χ2v) is 5.73. The zero-order valence-corrected chi connectivity index (χ0v) is 12.8. The lowest BCUT2D eigenvalue weighted by Crippen LogP contribution is -2.08. The number of benzene rings is 2. The number of ether oxygens (including phenoxy) is 1. The van der Waals surface area contributed by atoms with Crippen LogP contribution in [-0.4, -0.2) is 23.3 Å². The van der Waals surface area contributed by atoms with E-state index in [-0.39, 0.29) is 12.4 Å². The molecule has 0 fully saturated rings. The Morgan fingerprint density at radius 3 is 2.41 bits per heavy atom. The number of methoxy groups -OCH3 is 1. The van der Waals surface area contributed by atoms with Crippen molar-refractivity contribution in [2.45, 2.75) is 16.3 Å². The molecule has 4 nitrogen and oxygen atoms in total. The molecule has 0 amide bonds. The van der Waals surface area contributed by atoms with Crippen LogP contribution in [0.1, 0.15) is 5.69 Å². The average Bonchev–Trinajstić information content (AvgIpc) is 2.58. The monoisotopic (exact) mass is 310 g/mol. The average molecular weight is 310 g/mol. The minimum Gasteiger partial charge on any atom is -0.469 e. The van der Waals surface area contributed by atoms with Gasteiger partial charge in [-0.1, -0.05) is 54.2 Å². The zero-order valence-electron chi connectivity index (χ0n) is 12.0. The van der Waals surface area contributed by atoms with Gasteiger partial charge < -0.3 is 4.74 Å². The van der Waals surface area contributed by atoms with Crippen LogP contribution in [0.15, 0.2) is 64.5 Å². The van der Waals surface area contributed by atoms with Crippen molar-refractivity contribution in [3.8, 4) is 0 Å². The Hall–Kier alpha value is -2.40. The highest BCUT2D eigenvalue weighted by Crippen LogP contribution is 2.32. The van der Waals surface area contributed by atoms with Crippen molar-refractivity contribution in [2.24, 2.45) is 0 Å². The predicted molar refractivity (Wildman–Crippen MR) is 85.8 cm³/mol. The number of rotatable bonds is 4. The molecule has 0 aliphatic carbocycles. The Bertz CT molecular complexity index is 806. The second-order valence-electron chi connectivity index (χ2n) is 4.67. The van der Waals surface area contributed by atoms with Crippen LogP contribution < -0.4 is 0 Å². The van der Waals surface area contributed by atoms with E-state index in [0.29, 0.717) is 5.69 Å². The maximum atomic E-state index is 11.5. The molecule has 0 spiro atoms. The summed E-state index contributed by atoms with van der Waals surface area (Å²) in [6.45, 7) is 0. The number of aromatic nitrogens is 2. The molecule has 110 valence electrons. The number of fused-ring (bicyclic) bond motifs is 1. The molecule has 1 aromatic heterocycles. The summed E-state index contributed by atoms with van der Waals surface area (Å²) in [5.74, 6) is -0.317. The third-order valence-electron chi connectivity index (χ3n) is 3.23. The Morgan fingerprint density at radius 1 is 1.00 bits per heavy atom. The molecule has 0 aliphatic rings. The van der Waals surface area contributed by atoms with Gasteiger partial charge in [-0.25, -0.2) is 0 Å². The van der Waals surface area contributed by atoms with Crippen LogP contribution in [0.2, 0.25) is 0 Å². The van der Waals surface area contributed by atoms with Crippen molar-refractivity contribution in [3.63, 3.8) is 0 Å². The minimum absolute atomic E-state index is 0.125. The summed E-state index contributed by atoms with van der Waals surface area (Å²) < 4.78 is 4.72. The van der Waals surface area contributed by atoms with Gasteiger partial charge in [0.05, 0.1) is 19.2 Å². The quantitative estimate of drug-likeness (QED) is 0.690. The Balaban J connectivity index is 2.02. The standard InChI is InChI=1S/C17H14N2O2S/c1-21-16(20)11-15-13-9-5-6-10-14(13)17(19-18-15)22-12-7-3-2-4-8-12/h2-10H,11H2,1H3. The first-order chi connectivity index (χ1) is 10.8. The summed E-state index contributed by atoms with van der Waals surface area (Å²) in [6.07, 6.45) is 0.125. The maximum Gasteiger partial charge on any atom is 0.311 e. The van der Waals surface area contributed by atoms with Gasteiger partial charge in [-0.2, -0.15) is 5.10 Å². The Morgan fingerprint density at radius 2 is 1.68 bits per heavy atom. The van der Waals surface area contributed by atoms with Crippen LogP contribution in [0.4, 0.5) is 0 Å². The molecule has 5 heteroatoms. The minimum atomic E-state index is -0.317. The summed E-state index contributed by atoms with van der Waals surface area (Å²) in [4.78, 5) is 12.6. The van der Waals surface area contributed by atoms with Crippen molar-refractivity contribution >= 4 is 28.5 Å². The molecule has 0 N–H and O–H groups in total. The molecular formula is C17H14N2O2S. The predicted octanol–water partition coefficient (Wildman–Crippen LogP) is 3.50. The number of carbonyl (C=O) groups is 1. The molecule has 0 radical (unpaired) electrons. The summed E-state index contributed by atoms with van der Waals surface area (Å²) in [6, 6.07) is 17.9. The van der Waals surface area contributed by atoms with E-state index in [1.165, 1.54) is 7.11 Å². The van der Waals surface area contributed by atoms with Crippen molar-refractivity contribution in [1.29, 1.82) is 0 Å². The first-order valence-corrected chi connectivity index (χ1v) is 7.63. The Labute approximate surface area is 132 Å². The first kappa shape index (κ1) is 14.5. The third-order valence-corrected chi connectivity index (χ3v) is 4.23. The molecule has 1 heterocycles. The summed E-state index contributed by atoms with van der Waals surface area (Å²) >= 11 is 1.56. The van der Waals surface area contributed by atoms with Crippen LogP contribution in [0, 0.1) is 0 Å². The molecule has 2 aromatic carbocycles. The zero-order chi connectivity index (χ0) is 15.4. The van der Waals surface area contributed by atoms with E-state index in [2.05, 4.69) is 10.2 Å². The summed E-state index contributed by atoms with van der Waals surface area (Å²) in [5.41, 5.74) is 0.639. The van der Waals surface area contributed by atoms with E-state index in [4.69, 9.17) is 4.74 Å². The van der Waals surface area contributed by atoms with E-state index in [9.17, 15) is 4.79 Å². The van der Waals surface area contributed by atoms with Crippen LogP contribution in [-0.2, 0) is 16.0 Å². The molecule has 0 bridgehead atoms. The topological polar surface area (TPSA) is 52.1 Å². The van der Waals surface area contributed by atoms with Crippen molar-refractivity contribution in [2.75, 3.05) is 7.11 Å². The fourth-order valence-electron chi connectivity index (χ4n) is 2.15. The fraction of sp³-hybridized carbons (Fsp3) is 0.118. The van der Waals surface area contributed by atoms with Gasteiger partial charge in [0.1, 0.15) is 5.03 Å². The molecular weight excluding hydrogens is 296 g/mol. The highest BCUT2D eigenvalue weighted by Gasteiger charge is 2.13.